The van der Waals surface area contributed by atoms with E-state index in [0.717, 1.165) is 12.8 Å². The third-order valence-electron chi connectivity index (χ3n) is 2.91. The van der Waals surface area contributed by atoms with E-state index in [4.69, 9.17) is 5.11 Å². The van der Waals surface area contributed by atoms with Crippen LogP contribution in [0.25, 0.3) is 0 Å². The molecule has 0 radical (unpaired) electrons. The number of hydrogen-bond acceptors (Lipinski definition) is 3. The van der Waals surface area contributed by atoms with Crippen molar-refractivity contribution >= 4 is 17.8 Å². The number of carboxylic acids is 1. The summed E-state index contributed by atoms with van der Waals surface area (Å²) >= 11 is 0. The van der Waals surface area contributed by atoms with Crippen molar-refractivity contribution < 1.29 is 19.5 Å². The second-order valence-corrected chi connectivity index (χ2v) is 4.78. The third kappa shape index (κ3) is 4.73. The lowest BCUT2D eigenvalue weighted by Crippen LogP contribution is -2.42. The first-order valence-electron chi connectivity index (χ1n) is 6.18. The third-order valence-corrected chi connectivity index (χ3v) is 2.91. The highest BCUT2D eigenvalue weighted by atomic mass is 16.4. The van der Waals surface area contributed by atoms with Gasteiger partial charge in [-0.1, -0.05) is 6.92 Å². The quantitative estimate of drug-likeness (QED) is 0.675. The Morgan fingerprint density at radius 2 is 2.00 bits per heavy atom. The van der Waals surface area contributed by atoms with Crippen LogP contribution in [0.1, 0.15) is 26.7 Å². The number of nitrogens with one attached hydrogen (secondary N) is 1. The molecule has 0 spiro atoms. The van der Waals surface area contributed by atoms with Crippen LogP contribution in [-0.4, -0.2) is 47.4 Å². The van der Waals surface area contributed by atoms with Crippen LogP contribution in [0.3, 0.4) is 0 Å². The van der Waals surface area contributed by atoms with Gasteiger partial charge < -0.3 is 15.3 Å². The van der Waals surface area contributed by atoms with E-state index < -0.39 is 11.9 Å². The number of carbonyl (C=O) groups is 3. The largest absolute Gasteiger partial charge is 0.481 e. The Balaban J connectivity index is 2.48. The summed E-state index contributed by atoms with van der Waals surface area (Å²) < 4.78 is 0. The van der Waals surface area contributed by atoms with Crippen LogP contribution >= 0.6 is 0 Å². The van der Waals surface area contributed by atoms with Gasteiger partial charge in [-0.25, -0.2) is 0 Å². The molecule has 0 aliphatic heterocycles. The minimum Gasteiger partial charge on any atom is -0.481 e. The van der Waals surface area contributed by atoms with E-state index >= 15 is 0 Å². The highest BCUT2D eigenvalue weighted by molar-refractivity contribution is 5.82. The Hall–Kier alpha value is -1.59. The predicted molar refractivity (Wildman–Crippen MR) is 64.8 cm³/mol. The fourth-order valence-electron chi connectivity index (χ4n) is 1.66. The van der Waals surface area contributed by atoms with Gasteiger partial charge in [-0.15, -0.1) is 0 Å². The summed E-state index contributed by atoms with van der Waals surface area (Å²) in [5, 5.41) is 11.5. The minimum atomic E-state index is -0.914. The molecular formula is C12H20N2O4. The van der Waals surface area contributed by atoms with Crippen LogP contribution in [0, 0.1) is 11.8 Å². The lowest BCUT2D eigenvalue weighted by Gasteiger charge is -2.24. The van der Waals surface area contributed by atoms with Gasteiger partial charge in [0, 0.05) is 32.5 Å². The van der Waals surface area contributed by atoms with Crippen LogP contribution in [0.2, 0.25) is 0 Å². The van der Waals surface area contributed by atoms with Gasteiger partial charge in [0.25, 0.3) is 0 Å². The topological polar surface area (TPSA) is 86.7 Å². The molecule has 18 heavy (non-hydrogen) atoms. The van der Waals surface area contributed by atoms with Crippen LogP contribution < -0.4 is 5.32 Å². The number of amides is 2. The standard InChI is InChI=1S/C12H20N2O4/c1-8(12(17)18)7-14(6-5-13-9(2)15)11(16)10-3-4-10/h8,10H,3-7H2,1-2H3,(H,13,15)(H,17,18). The Labute approximate surface area is 106 Å². The van der Waals surface area contributed by atoms with Gasteiger partial charge in [0.2, 0.25) is 11.8 Å². The predicted octanol–water partition coefficient (Wildman–Crippen LogP) is 0.0818. The number of rotatable bonds is 7. The van der Waals surface area contributed by atoms with Crippen LogP contribution in [-0.2, 0) is 14.4 Å². The first-order valence-corrected chi connectivity index (χ1v) is 6.18. The van der Waals surface area contributed by atoms with Crippen molar-refractivity contribution in [2.24, 2.45) is 11.8 Å². The van der Waals surface area contributed by atoms with Crippen molar-refractivity contribution in [1.29, 1.82) is 0 Å². The second kappa shape index (κ2) is 6.37. The molecule has 2 N–H and O–H groups in total. The van der Waals surface area contributed by atoms with E-state index in [1.807, 2.05) is 0 Å². The lowest BCUT2D eigenvalue weighted by molar-refractivity contribution is -0.143. The van der Waals surface area contributed by atoms with Gasteiger partial charge in [-0.2, -0.15) is 0 Å². The molecule has 6 heteroatoms. The van der Waals surface area contributed by atoms with Gasteiger partial charge in [-0.05, 0) is 12.8 Å². The van der Waals surface area contributed by atoms with E-state index in [-0.39, 0.29) is 24.3 Å². The van der Waals surface area contributed by atoms with Gasteiger partial charge in [-0.3, -0.25) is 14.4 Å². The molecule has 1 unspecified atom stereocenters. The number of nitrogens with zero attached hydrogens (tertiary/aromatic N) is 1. The Bertz CT molecular complexity index is 339. The number of carboxylic acid groups (broad SMARTS) is 1. The normalized spacial score (nSPS) is 15.9. The molecule has 1 aliphatic rings. The molecular weight excluding hydrogens is 236 g/mol. The fraction of sp³-hybridized carbons (Fsp3) is 0.750. The summed E-state index contributed by atoms with van der Waals surface area (Å²) in [5.41, 5.74) is 0. The molecule has 1 fully saturated rings. The van der Waals surface area contributed by atoms with E-state index in [0.29, 0.717) is 13.1 Å². The van der Waals surface area contributed by atoms with E-state index in [9.17, 15) is 14.4 Å². The zero-order chi connectivity index (χ0) is 13.7. The molecule has 1 rings (SSSR count). The van der Waals surface area contributed by atoms with Crippen molar-refractivity contribution in [1.82, 2.24) is 10.2 Å². The highest BCUT2D eigenvalue weighted by Gasteiger charge is 2.34. The van der Waals surface area contributed by atoms with Crippen molar-refractivity contribution in [2.45, 2.75) is 26.7 Å². The fourth-order valence-corrected chi connectivity index (χ4v) is 1.66. The summed E-state index contributed by atoms with van der Waals surface area (Å²) in [7, 11) is 0. The van der Waals surface area contributed by atoms with Gasteiger partial charge in [0.05, 0.1) is 5.92 Å². The molecule has 0 aromatic rings. The maximum absolute atomic E-state index is 12.0. The van der Waals surface area contributed by atoms with Crippen molar-refractivity contribution in [3.63, 3.8) is 0 Å². The molecule has 0 saturated heterocycles. The molecule has 0 heterocycles. The molecule has 1 saturated carbocycles. The van der Waals surface area contributed by atoms with Crippen molar-refractivity contribution in [3.8, 4) is 0 Å². The SMILES string of the molecule is CC(=O)NCCN(CC(C)C(=O)O)C(=O)C1CC1. The molecule has 1 aliphatic carbocycles. The summed E-state index contributed by atoms with van der Waals surface area (Å²) in [6, 6.07) is 0. The van der Waals surface area contributed by atoms with Crippen molar-refractivity contribution in [3.05, 3.63) is 0 Å². The summed E-state index contributed by atoms with van der Waals surface area (Å²) in [5.74, 6) is -1.59. The van der Waals surface area contributed by atoms with E-state index in [1.54, 1.807) is 11.8 Å². The summed E-state index contributed by atoms with van der Waals surface area (Å²) in [6.45, 7) is 3.91. The average molecular weight is 256 g/mol. The Kier molecular flexibility index (Phi) is 5.12. The maximum atomic E-state index is 12.0. The smallest absolute Gasteiger partial charge is 0.308 e. The first kappa shape index (κ1) is 14.5. The second-order valence-electron chi connectivity index (χ2n) is 4.78. The van der Waals surface area contributed by atoms with E-state index in [2.05, 4.69) is 5.32 Å². The van der Waals surface area contributed by atoms with Gasteiger partial charge >= 0.3 is 5.97 Å². The maximum Gasteiger partial charge on any atom is 0.308 e. The van der Waals surface area contributed by atoms with Gasteiger partial charge in [0.15, 0.2) is 0 Å². The molecule has 1 atom stereocenters. The van der Waals surface area contributed by atoms with Crippen LogP contribution in [0.4, 0.5) is 0 Å². The zero-order valence-corrected chi connectivity index (χ0v) is 10.8. The average Bonchev–Trinajstić information content (AvgIpc) is 3.09. The van der Waals surface area contributed by atoms with Gasteiger partial charge in [0.1, 0.15) is 0 Å². The zero-order valence-electron chi connectivity index (χ0n) is 10.8. The van der Waals surface area contributed by atoms with E-state index in [1.165, 1.54) is 6.92 Å². The molecule has 2 amide bonds. The Morgan fingerprint density at radius 3 is 2.44 bits per heavy atom. The minimum absolute atomic E-state index is 0.00783. The Morgan fingerprint density at radius 1 is 1.39 bits per heavy atom. The molecule has 6 nitrogen and oxygen atoms in total. The number of aliphatic carboxylic acids is 1. The number of hydrogen-bond donors (Lipinski definition) is 2. The lowest BCUT2D eigenvalue weighted by atomic mass is 10.1. The summed E-state index contributed by atoms with van der Waals surface area (Å²) in [4.78, 5) is 35.1. The number of carbonyl (C=O) groups excluding carboxylic acids is 2. The van der Waals surface area contributed by atoms with Crippen molar-refractivity contribution in [2.75, 3.05) is 19.6 Å². The molecule has 102 valence electrons. The molecule has 0 aromatic heterocycles. The summed E-state index contributed by atoms with van der Waals surface area (Å²) in [6.07, 6.45) is 1.77. The highest BCUT2D eigenvalue weighted by Crippen LogP contribution is 2.31. The van der Waals surface area contributed by atoms with Crippen LogP contribution in [0.15, 0.2) is 0 Å². The molecule has 0 bridgehead atoms. The first-order chi connectivity index (χ1) is 8.41. The molecule has 0 aromatic carbocycles. The van der Waals surface area contributed by atoms with Crippen LogP contribution in [0.5, 0.6) is 0 Å². The monoisotopic (exact) mass is 256 g/mol.